The standard InChI is InChI=1S/C15H16ClF3N4S.HI/c1-9(10-5-3-4-6-11(10)16)22-14(20-2)21-7-13-23-12(8-24-13)15(17,18)19;/h3-6,8-9H,7H2,1-2H3,(H2,20,21,22);1H. The summed E-state index contributed by atoms with van der Waals surface area (Å²) in [6.45, 7) is 2.06. The zero-order chi connectivity index (χ0) is 17.7. The highest BCUT2D eigenvalue weighted by atomic mass is 127. The Bertz CT molecular complexity index is 721. The quantitative estimate of drug-likeness (QED) is 0.355. The molecule has 2 N–H and O–H groups in total. The van der Waals surface area contributed by atoms with E-state index in [1.165, 1.54) is 0 Å². The first-order valence-corrected chi connectivity index (χ1v) is 8.30. The van der Waals surface area contributed by atoms with Crippen LogP contribution in [0.25, 0.3) is 0 Å². The van der Waals surface area contributed by atoms with E-state index < -0.39 is 11.9 Å². The Morgan fingerprint density at radius 1 is 1.36 bits per heavy atom. The number of hydrogen-bond donors (Lipinski definition) is 2. The Morgan fingerprint density at radius 3 is 2.60 bits per heavy atom. The first-order chi connectivity index (χ1) is 11.3. The van der Waals surface area contributed by atoms with Gasteiger partial charge in [-0.2, -0.15) is 13.2 Å². The molecule has 0 spiro atoms. The molecular formula is C15H17ClF3IN4S. The van der Waals surface area contributed by atoms with Crippen LogP contribution in [0.4, 0.5) is 13.2 Å². The molecule has 4 nitrogen and oxygen atoms in total. The molecule has 0 saturated heterocycles. The summed E-state index contributed by atoms with van der Waals surface area (Å²) in [6, 6.07) is 7.28. The summed E-state index contributed by atoms with van der Waals surface area (Å²) in [5, 5.41) is 8.04. The minimum absolute atomic E-state index is 0. The van der Waals surface area contributed by atoms with Crippen molar-refractivity contribution in [3.63, 3.8) is 0 Å². The molecule has 1 heterocycles. The number of aliphatic imine (C=N–C) groups is 1. The summed E-state index contributed by atoms with van der Waals surface area (Å²) in [5.74, 6) is 0.450. The minimum Gasteiger partial charge on any atom is -0.350 e. The number of nitrogens with zero attached hydrogens (tertiary/aromatic N) is 2. The number of rotatable bonds is 4. The zero-order valence-corrected chi connectivity index (χ0v) is 17.3. The monoisotopic (exact) mass is 504 g/mol. The number of benzene rings is 1. The topological polar surface area (TPSA) is 49.3 Å². The average molecular weight is 505 g/mol. The molecule has 0 amide bonds. The number of hydrogen-bond acceptors (Lipinski definition) is 3. The van der Waals surface area contributed by atoms with Crippen LogP contribution in [0.2, 0.25) is 5.02 Å². The van der Waals surface area contributed by atoms with E-state index in [9.17, 15) is 13.2 Å². The van der Waals surface area contributed by atoms with Gasteiger partial charge in [-0.15, -0.1) is 35.3 Å². The zero-order valence-electron chi connectivity index (χ0n) is 13.4. The van der Waals surface area contributed by atoms with Crippen LogP contribution in [-0.4, -0.2) is 18.0 Å². The van der Waals surface area contributed by atoms with E-state index in [0.29, 0.717) is 16.0 Å². The predicted octanol–water partition coefficient (Wildman–Crippen LogP) is 4.86. The van der Waals surface area contributed by atoms with Gasteiger partial charge in [-0.1, -0.05) is 29.8 Å². The highest BCUT2D eigenvalue weighted by Crippen LogP contribution is 2.30. The lowest BCUT2D eigenvalue weighted by Crippen LogP contribution is -2.38. The van der Waals surface area contributed by atoms with Crippen molar-refractivity contribution in [2.45, 2.75) is 25.7 Å². The number of halogens is 5. The van der Waals surface area contributed by atoms with Crippen molar-refractivity contribution in [2.24, 2.45) is 4.99 Å². The van der Waals surface area contributed by atoms with Crippen LogP contribution in [0, 0.1) is 0 Å². The van der Waals surface area contributed by atoms with Crippen LogP contribution in [0.1, 0.15) is 29.2 Å². The SMILES string of the molecule is CN=C(NCc1nc(C(F)(F)F)cs1)NC(C)c1ccccc1Cl.I. The van der Waals surface area contributed by atoms with E-state index in [2.05, 4.69) is 20.6 Å². The molecule has 0 aliphatic rings. The van der Waals surface area contributed by atoms with E-state index in [0.717, 1.165) is 22.3 Å². The van der Waals surface area contributed by atoms with Gasteiger partial charge >= 0.3 is 6.18 Å². The van der Waals surface area contributed by atoms with E-state index in [4.69, 9.17) is 11.6 Å². The molecular weight excluding hydrogens is 488 g/mol. The highest BCUT2D eigenvalue weighted by Gasteiger charge is 2.33. The lowest BCUT2D eigenvalue weighted by molar-refractivity contribution is -0.140. The van der Waals surface area contributed by atoms with Gasteiger partial charge in [-0.05, 0) is 18.6 Å². The lowest BCUT2D eigenvalue weighted by atomic mass is 10.1. The molecule has 0 bridgehead atoms. The molecule has 10 heteroatoms. The van der Waals surface area contributed by atoms with Crippen LogP contribution >= 0.6 is 46.9 Å². The molecule has 25 heavy (non-hydrogen) atoms. The van der Waals surface area contributed by atoms with Crippen molar-refractivity contribution >= 4 is 52.9 Å². The average Bonchev–Trinajstić information content (AvgIpc) is 3.00. The Hall–Kier alpha value is -1.07. The summed E-state index contributed by atoms with van der Waals surface area (Å²) in [6.07, 6.45) is -4.42. The third-order valence-corrected chi connectivity index (χ3v) is 4.39. The second kappa shape index (κ2) is 9.58. The summed E-state index contributed by atoms with van der Waals surface area (Å²) in [5.41, 5.74) is 0.0207. The van der Waals surface area contributed by atoms with Gasteiger partial charge in [0, 0.05) is 17.5 Å². The van der Waals surface area contributed by atoms with E-state index in [1.807, 2.05) is 25.1 Å². The summed E-state index contributed by atoms with van der Waals surface area (Å²) in [4.78, 5) is 7.63. The first-order valence-electron chi connectivity index (χ1n) is 7.04. The van der Waals surface area contributed by atoms with Crippen molar-refractivity contribution in [3.05, 3.63) is 50.9 Å². The number of guanidine groups is 1. The van der Waals surface area contributed by atoms with Crippen molar-refractivity contribution in [2.75, 3.05) is 7.05 Å². The molecule has 2 rings (SSSR count). The largest absolute Gasteiger partial charge is 0.434 e. The van der Waals surface area contributed by atoms with Gasteiger partial charge in [0.15, 0.2) is 11.7 Å². The molecule has 1 aromatic heterocycles. The number of alkyl halides is 3. The number of thiazole rings is 1. The van der Waals surface area contributed by atoms with Gasteiger partial charge in [-0.25, -0.2) is 4.98 Å². The fraction of sp³-hybridized carbons (Fsp3) is 0.333. The maximum Gasteiger partial charge on any atom is 0.434 e. The number of nitrogens with one attached hydrogen (secondary N) is 2. The molecule has 138 valence electrons. The first kappa shape index (κ1) is 22.0. The van der Waals surface area contributed by atoms with Crippen molar-refractivity contribution < 1.29 is 13.2 Å². The Morgan fingerprint density at radius 2 is 2.04 bits per heavy atom. The molecule has 0 saturated carbocycles. The summed E-state index contributed by atoms with van der Waals surface area (Å²) < 4.78 is 37.6. The molecule has 0 aliphatic carbocycles. The van der Waals surface area contributed by atoms with Crippen LogP contribution in [0.3, 0.4) is 0 Å². The molecule has 0 aliphatic heterocycles. The van der Waals surface area contributed by atoms with Gasteiger partial charge in [0.2, 0.25) is 0 Å². The highest BCUT2D eigenvalue weighted by molar-refractivity contribution is 14.0. The van der Waals surface area contributed by atoms with Gasteiger partial charge < -0.3 is 10.6 Å². The lowest BCUT2D eigenvalue weighted by Gasteiger charge is -2.18. The molecule has 0 fully saturated rings. The smallest absolute Gasteiger partial charge is 0.350 e. The van der Waals surface area contributed by atoms with Crippen molar-refractivity contribution in [1.29, 1.82) is 0 Å². The normalized spacial score (nSPS) is 13.1. The van der Waals surface area contributed by atoms with Crippen LogP contribution in [0.5, 0.6) is 0 Å². The third-order valence-electron chi connectivity index (χ3n) is 3.20. The van der Waals surface area contributed by atoms with Gasteiger partial charge in [0.25, 0.3) is 0 Å². The fourth-order valence-corrected chi connectivity index (χ4v) is 3.03. The molecule has 1 unspecified atom stereocenters. The van der Waals surface area contributed by atoms with Crippen LogP contribution in [0.15, 0.2) is 34.6 Å². The molecule has 1 aromatic carbocycles. The van der Waals surface area contributed by atoms with E-state index >= 15 is 0 Å². The Kier molecular flexibility index (Phi) is 8.42. The predicted molar refractivity (Wildman–Crippen MR) is 106 cm³/mol. The molecule has 1 atom stereocenters. The second-order valence-electron chi connectivity index (χ2n) is 4.94. The molecule has 2 aromatic rings. The van der Waals surface area contributed by atoms with Gasteiger partial charge in [0.1, 0.15) is 5.01 Å². The maximum atomic E-state index is 12.5. The van der Waals surface area contributed by atoms with E-state index in [1.54, 1.807) is 13.1 Å². The maximum absolute atomic E-state index is 12.5. The van der Waals surface area contributed by atoms with E-state index in [-0.39, 0.29) is 36.6 Å². The van der Waals surface area contributed by atoms with Crippen LogP contribution in [-0.2, 0) is 12.7 Å². The number of aromatic nitrogens is 1. The van der Waals surface area contributed by atoms with Crippen molar-refractivity contribution in [3.8, 4) is 0 Å². The van der Waals surface area contributed by atoms with Gasteiger partial charge in [-0.3, -0.25) is 4.99 Å². The van der Waals surface area contributed by atoms with Gasteiger partial charge in [0.05, 0.1) is 12.6 Å². The third kappa shape index (κ3) is 6.30. The Balaban J connectivity index is 0.00000312. The van der Waals surface area contributed by atoms with Crippen LogP contribution < -0.4 is 10.6 Å². The molecule has 0 radical (unpaired) electrons. The summed E-state index contributed by atoms with van der Waals surface area (Å²) >= 11 is 7.10. The summed E-state index contributed by atoms with van der Waals surface area (Å²) in [7, 11) is 1.58. The fourth-order valence-electron chi connectivity index (χ4n) is 1.99. The Labute approximate surface area is 169 Å². The minimum atomic E-state index is -4.42. The van der Waals surface area contributed by atoms with Crippen molar-refractivity contribution in [1.82, 2.24) is 15.6 Å². The second-order valence-corrected chi connectivity index (χ2v) is 6.29.